The first-order chi connectivity index (χ1) is 13.6. The van der Waals surface area contributed by atoms with E-state index in [1.54, 1.807) is 42.5 Å². The SMILES string of the molecule is CCCCOC(=O)c1ccc(NC(=O)CN2C(=O)COc3ccccc32)cc1. The molecular weight excluding hydrogens is 360 g/mol. The van der Waals surface area contributed by atoms with Gasteiger partial charge in [0.25, 0.3) is 5.91 Å². The Morgan fingerprint density at radius 3 is 2.64 bits per heavy atom. The van der Waals surface area contributed by atoms with Crippen molar-refractivity contribution < 1.29 is 23.9 Å². The quantitative estimate of drug-likeness (QED) is 0.588. The fourth-order valence-electron chi connectivity index (χ4n) is 2.75. The summed E-state index contributed by atoms with van der Waals surface area (Å²) in [7, 11) is 0. The summed E-state index contributed by atoms with van der Waals surface area (Å²) < 4.78 is 10.5. The van der Waals surface area contributed by atoms with Gasteiger partial charge in [-0.2, -0.15) is 0 Å². The van der Waals surface area contributed by atoms with E-state index in [9.17, 15) is 14.4 Å². The van der Waals surface area contributed by atoms with Crippen LogP contribution in [0, 0.1) is 0 Å². The van der Waals surface area contributed by atoms with Crippen molar-refractivity contribution in [2.75, 3.05) is 30.0 Å². The minimum absolute atomic E-state index is 0.0981. The summed E-state index contributed by atoms with van der Waals surface area (Å²) >= 11 is 0. The third-order valence-electron chi connectivity index (χ3n) is 4.25. The lowest BCUT2D eigenvalue weighted by molar-refractivity contribution is -0.123. The first-order valence-electron chi connectivity index (χ1n) is 9.17. The average molecular weight is 382 g/mol. The number of benzene rings is 2. The number of hydrogen-bond acceptors (Lipinski definition) is 5. The van der Waals surface area contributed by atoms with Crippen LogP contribution in [0.5, 0.6) is 5.75 Å². The summed E-state index contributed by atoms with van der Waals surface area (Å²) in [6.45, 7) is 2.19. The monoisotopic (exact) mass is 382 g/mol. The number of carbonyl (C=O) groups is 3. The van der Waals surface area contributed by atoms with Crippen LogP contribution in [0.3, 0.4) is 0 Å². The Balaban J connectivity index is 1.59. The number of anilines is 2. The Bertz CT molecular complexity index is 863. The van der Waals surface area contributed by atoms with Crippen LogP contribution in [0.2, 0.25) is 0 Å². The smallest absolute Gasteiger partial charge is 0.338 e. The summed E-state index contributed by atoms with van der Waals surface area (Å²) in [4.78, 5) is 37.8. The number of nitrogens with zero attached hydrogens (tertiary/aromatic N) is 1. The van der Waals surface area contributed by atoms with Gasteiger partial charge in [-0.05, 0) is 42.8 Å². The van der Waals surface area contributed by atoms with Gasteiger partial charge in [0.05, 0.1) is 17.9 Å². The Hall–Kier alpha value is -3.35. The molecule has 0 atom stereocenters. The number of rotatable bonds is 7. The molecule has 1 heterocycles. The summed E-state index contributed by atoms with van der Waals surface area (Å²) in [5.74, 6) is -0.440. The van der Waals surface area contributed by atoms with Crippen LogP contribution in [-0.4, -0.2) is 37.5 Å². The number of amides is 2. The van der Waals surface area contributed by atoms with Crippen molar-refractivity contribution in [1.29, 1.82) is 0 Å². The maximum atomic E-state index is 12.4. The molecule has 2 aromatic carbocycles. The van der Waals surface area contributed by atoms with Crippen molar-refractivity contribution >= 4 is 29.2 Å². The number of unbranched alkanes of at least 4 members (excludes halogenated alkanes) is 1. The van der Waals surface area contributed by atoms with E-state index in [0.29, 0.717) is 29.3 Å². The summed E-state index contributed by atoms with van der Waals surface area (Å²) in [6, 6.07) is 13.5. The molecule has 3 rings (SSSR count). The maximum Gasteiger partial charge on any atom is 0.338 e. The van der Waals surface area contributed by atoms with Crippen molar-refractivity contribution in [3.8, 4) is 5.75 Å². The molecule has 0 unspecified atom stereocenters. The van der Waals surface area contributed by atoms with Gasteiger partial charge in [0.2, 0.25) is 5.91 Å². The van der Waals surface area contributed by atoms with E-state index in [4.69, 9.17) is 9.47 Å². The first kappa shape index (κ1) is 19.4. The third-order valence-corrected chi connectivity index (χ3v) is 4.25. The molecule has 0 radical (unpaired) electrons. The highest BCUT2D eigenvalue weighted by molar-refractivity contribution is 6.05. The minimum Gasteiger partial charge on any atom is -0.482 e. The Labute approximate surface area is 163 Å². The second-order valence-corrected chi connectivity index (χ2v) is 6.35. The fraction of sp³-hybridized carbons (Fsp3) is 0.286. The zero-order valence-corrected chi connectivity index (χ0v) is 15.6. The van der Waals surface area contributed by atoms with Gasteiger partial charge < -0.3 is 14.8 Å². The summed E-state index contributed by atoms with van der Waals surface area (Å²) in [6.07, 6.45) is 1.78. The van der Waals surface area contributed by atoms with Crippen molar-refractivity contribution in [3.05, 3.63) is 54.1 Å². The number of nitrogens with one attached hydrogen (secondary N) is 1. The molecule has 7 heteroatoms. The van der Waals surface area contributed by atoms with Crippen LogP contribution in [-0.2, 0) is 14.3 Å². The van der Waals surface area contributed by atoms with Crippen molar-refractivity contribution in [1.82, 2.24) is 0 Å². The fourth-order valence-corrected chi connectivity index (χ4v) is 2.75. The van der Waals surface area contributed by atoms with Crippen LogP contribution < -0.4 is 15.0 Å². The van der Waals surface area contributed by atoms with Crippen molar-refractivity contribution in [3.63, 3.8) is 0 Å². The Morgan fingerprint density at radius 2 is 1.89 bits per heavy atom. The lowest BCUT2D eigenvalue weighted by Crippen LogP contribution is -2.43. The van der Waals surface area contributed by atoms with Gasteiger partial charge >= 0.3 is 5.97 Å². The van der Waals surface area contributed by atoms with Gasteiger partial charge in [-0.15, -0.1) is 0 Å². The third kappa shape index (κ3) is 4.68. The topological polar surface area (TPSA) is 84.9 Å². The van der Waals surface area contributed by atoms with E-state index in [1.165, 1.54) is 4.90 Å². The number of para-hydroxylation sites is 2. The van der Waals surface area contributed by atoms with E-state index in [1.807, 2.05) is 13.0 Å². The second-order valence-electron chi connectivity index (χ2n) is 6.35. The standard InChI is InChI=1S/C21H22N2O5/c1-2-3-12-27-21(26)15-8-10-16(11-9-15)22-19(24)13-23-17-6-4-5-7-18(17)28-14-20(23)25/h4-11H,2-3,12-14H2,1H3,(H,22,24). The molecule has 1 N–H and O–H groups in total. The highest BCUT2D eigenvalue weighted by Crippen LogP contribution is 2.31. The van der Waals surface area contributed by atoms with E-state index < -0.39 is 0 Å². The highest BCUT2D eigenvalue weighted by atomic mass is 16.5. The van der Waals surface area contributed by atoms with Gasteiger partial charge in [-0.25, -0.2) is 4.79 Å². The molecule has 0 aliphatic carbocycles. The first-order valence-corrected chi connectivity index (χ1v) is 9.17. The Kier molecular flexibility index (Phi) is 6.26. The second kappa shape index (κ2) is 9.03. The normalized spacial score (nSPS) is 12.8. The summed E-state index contributed by atoms with van der Waals surface area (Å²) in [5, 5.41) is 2.73. The van der Waals surface area contributed by atoms with Crippen molar-refractivity contribution in [2.24, 2.45) is 0 Å². The molecule has 0 spiro atoms. The minimum atomic E-state index is -0.387. The highest BCUT2D eigenvalue weighted by Gasteiger charge is 2.26. The number of hydrogen-bond donors (Lipinski definition) is 1. The molecule has 0 saturated carbocycles. The molecule has 2 aromatic rings. The van der Waals surface area contributed by atoms with E-state index in [0.717, 1.165) is 12.8 Å². The largest absolute Gasteiger partial charge is 0.482 e. The predicted octanol–water partition coefficient (Wildman–Crippen LogP) is 3.01. The van der Waals surface area contributed by atoms with Gasteiger partial charge in [0, 0.05) is 5.69 Å². The molecule has 0 saturated heterocycles. The number of carbonyl (C=O) groups excluding carboxylic acids is 3. The number of fused-ring (bicyclic) bond motifs is 1. The summed E-state index contributed by atoms with van der Waals surface area (Å²) in [5.41, 5.74) is 1.52. The van der Waals surface area contributed by atoms with Gasteiger partial charge in [-0.3, -0.25) is 14.5 Å². The van der Waals surface area contributed by atoms with E-state index in [2.05, 4.69) is 5.32 Å². The predicted molar refractivity (Wildman–Crippen MR) is 105 cm³/mol. The lowest BCUT2D eigenvalue weighted by atomic mass is 10.2. The van der Waals surface area contributed by atoms with Gasteiger partial charge in [0.1, 0.15) is 12.3 Å². The van der Waals surface area contributed by atoms with Crippen LogP contribution in [0.4, 0.5) is 11.4 Å². The zero-order valence-electron chi connectivity index (χ0n) is 15.6. The van der Waals surface area contributed by atoms with E-state index >= 15 is 0 Å². The molecular formula is C21H22N2O5. The van der Waals surface area contributed by atoms with Crippen molar-refractivity contribution in [2.45, 2.75) is 19.8 Å². The molecule has 0 fully saturated rings. The van der Waals surface area contributed by atoms with Crippen LogP contribution in [0.1, 0.15) is 30.1 Å². The lowest BCUT2D eigenvalue weighted by Gasteiger charge is -2.28. The molecule has 146 valence electrons. The van der Waals surface area contributed by atoms with E-state index in [-0.39, 0.29) is 30.9 Å². The van der Waals surface area contributed by atoms with Crippen LogP contribution >= 0.6 is 0 Å². The molecule has 0 aromatic heterocycles. The van der Waals surface area contributed by atoms with Crippen LogP contribution in [0.15, 0.2) is 48.5 Å². The molecule has 1 aliphatic rings. The Morgan fingerprint density at radius 1 is 1.14 bits per heavy atom. The van der Waals surface area contributed by atoms with Gasteiger partial charge in [-0.1, -0.05) is 25.5 Å². The molecule has 0 bridgehead atoms. The molecule has 7 nitrogen and oxygen atoms in total. The van der Waals surface area contributed by atoms with Crippen LogP contribution in [0.25, 0.3) is 0 Å². The molecule has 28 heavy (non-hydrogen) atoms. The molecule has 1 aliphatic heterocycles. The molecule has 2 amide bonds. The number of esters is 1. The van der Waals surface area contributed by atoms with Gasteiger partial charge in [0.15, 0.2) is 6.61 Å². The maximum absolute atomic E-state index is 12.4. The number of ether oxygens (including phenoxy) is 2. The zero-order chi connectivity index (χ0) is 19.9. The average Bonchev–Trinajstić information content (AvgIpc) is 2.71.